The Labute approximate surface area is 377 Å². The lowest BCUT2D eigenvalue weighted by atomic mass is 9.47. The van der Waals surface area contributed by atoms with Gasteiger partial charge in [0.1, 0.15) is 17.6 Å². The molecule has 4 aliphatic rings. The van der Waals surface area contributed by atoms with Crippen LogP contribution in [0, 0.1) is 46.3 Å². The zero-order valence-electron chi connectivity index (χ0n) is 40.0. The van der Waals surface area contributed by atoms with E-state index in [9.17, 15) is 14.4 Å². The number of carbonyl (C=O) groups excluding carboxylic acids is 3. The van der Waals surface area contributed by atoms with Crippen molar-refractivity contribution in [3.8, 4) is 11.5 Å². The van der Waals surface area contributed by atoms with Crippen molar-refractivity contribution in [2.45, 2.75) is 214 Å². The molecule has 0 aromatic heterocycles. The predicted octanol–water partition coefficient (Wildman–Crippen LogP) is 15.7. The van der Waals surface area contributed by atoms with E-state index in [2.05, 4.69) is 53.9 Å². The van der Waals surface area contributed by atoms with Crippen LogP contribution in [0.4, 0.5) is 0 Å². The van der Waals surface area contributed by atoms with Crippen LogP contribution in [0.25, 0.3) is 0 Å². The Balaban J connectivity index is 1.19. The molecule has 0 aliphatic heterocycles. The second-order valence-corrected chi connectivity index (χ2v) is 21.1. The summed E-state index contributed by atoms with van der Waals surface area (Å²) >= 11 is 0. The van der Waals surface area contributed by atoms with Gasteiger partial charge in [-0.25, -0.2) is 4.79 Å². The van der Waals surface area contributed by atoms with Crippen LogP contribution in [0.1, 0.15) is 218 Å². The fourth-order valence-corrected chi connectivity index (χ4v) is 12.7. The maximum Gasteiger partial charge on any atom is 0.338 e. The molecule has 0 spiro atoms. The van der Waals surface area contributed by atoms with Crippen molar-refractivity contribution in [3.63, 3.8) is 0 Å². The molecule has 1 aromatic carbocycles. The van der Waals surface area contributed by atoms with E-state index in [1.165, 1.54) is 63.4 Å². The van der Waals surface area contributed by atoms with Crippen molar-refractivity contribution in [1.82, 2.24) is 0 Å². The average Bonchev–Trinajstić information content (AvgIpc) is 3.60. The lowest BCUT2D eigenvalue weighted by Crippen LogP contribution is -2.51. The summed E-state index contributed by atoms with van der Waals surface area (Å²) in [7, 11) is 0. The van der Waals surface area contributed by atoms with Crippen LogP contribution in [0.5, 0.6) is 11.5 Å². The molecule has 346 valence electrons. The zero-order valence-corrected chi connectivity index (χ0v) is 40.0. The maximum absolute atomic E-state index is 13.9. The first kappa shape index (κ1) is 49.9. The Kier molecular flexibility index (Phi) is 19.9. The molecule has 0 radical (unpaired) electrons. The van der Waals surface area contributed by atoms with Gasteiger partial charge in [0.15, 0.2) is 0 Å². The summed E-state index contributed by atoms with van der Waals surface area (Å²) in [5, 5.41) is 0. The number of benzene rings is 1. The number of carbonyl (C=O) groups is 3. The lowest BCUT2D eigenvalue weighted by Gasteiger charge is -2.58. The second kappa shape index (κ2) is 24.8. The van der Waals surface area contributed by atoms with Crippen molar-refractivity contribution in [1.29, 1.82) is 0 Å². The highest BCUT2D eigenvalue weighted by Gasteiger charge is 2.59. The molecular formula is C56H86O6. The van der Waals surface area contributed by atoms with E-state index in [4.69, 9.17) is 14.2 Å². The van der Waals surface area contributed by atoms with Gasteiger partial charge in [-0.1, -0.05) is 129 Å². The van der Waals surface area contributed by atoms with Crippen LogP contribution in [-0.4, -0.2) is 24.0 Å². The first-order valence-corrected chi connectivity index (χ1v) is 25.6. The maximum atomic E-state index is 13.9. The lowest BCUT2D eigenvalue weighted by molar-refractivity contribution is -0.135. The topological polar surface area (TPSA) is 78.9 Å². The molecule has 4 aliphatic carbocycles. The molecule has 0 N–H and O–H groups in total. The van der Waals surface area contributed by atoms with Crippen LogP contribution < -0.4 is 9.47 Å². The summed E-state index contributed by atoms with van der Waals surface area (Å²) in [5.41, 5.74) is 2.33. The second-order valence-electron chi connectivity index (χ2n) is 21.1. The minimum atomic E-state index is -0.469. The van der Waals surface area contributed by atoms with Crippen molar-refractivity contribution in [2.75, 3.05) is 0 Å². The molecule has 6 nitrogen and oxygen atoms in total. The molecule has 5 rings (SSSR count). The fraction of sp³-hybridized carbons (Fsp3) is 0.732. The van der Waals surface area contributed by atoms with Crippen LogP contribution >= 0.6 is 0 Å². The van der Waals surface area contributed by atoms with E-state index in [1.54, 1.807) is 18.2 Å². The third-order valence-corrected chi connectivity index (χ3v) is 16.2. The van der Waals surface area contributed by atoms with E-state index in [0.717, 1.165) is 132 Å². The summed E-state index contributed by atoms with van der Waals surface area (Å²) in [5.74, 6) is 3.94. The minimum Gasteiger partial charge on any atom is -0.458 e. The largest absolute Gasteiger partial charge is 0.458 e. The van der Waals surface area contributed by atoms with E-state index in [-0.39, 0.29) is 40.5 Å². The predicted molar refractivity (Wildman–Crippen MR) is 254 cm³/mol. The number of ether oxygens (including phenoxy) is 3. The highest BCUT2D eigenvalue weighted by molar-refractivity contribution is 5.91. The monoisotopic (exact) mass is 855 g/mol. The molecule has 6 heteroatoms. The van der Waals surface area contributed by atoms with Crippen LogP contribution in [-0.2, 0) is 14.3 Å². The number of rotatable bonds is 27. The SMILES string of the molecule is C=CCCCCCCCCC(=O)Oc1cc(OC(=O)CCCCCCCCC=C)cc(C(=O)OC2CC[C@@]3(C)C(=CC[C@H]4[C@@H]5CC[C@H]([C@H](C)CCCC(C)C)[C@@]5(C)CC[C@@H]43)C2)c1. The van der Waals surface area contributed by atoms with Crippen LogP contribution in [0.3, 0.4) is 0 Å². The summed E-state index contributed by atoms with van der Waals surface area (Å²) in [6.07, 6.45) is 34.8. The van der Waals surface area contributed by atoms with E-state index >= 15 is 0 Å². The Hall–Kier alpha value is -3.15. The smallest absolute Gasteiger partial charge is 0.338 e. The first-order valence-electron chi connectivity index (χ1n) is 25.6. The Morgan fingerprint density at radius 2 is 1.27 bits per heavy atom. The van der Waals surface area contributed by atoms with Gasteiger partial charge < -0.3 is 14.2 Å². The number of esters is 3. The quantitative estimate of drug-likeness (QED) is 0.0380. The van der Waals surface area contributed by atoms with Gasteiger partial charge in [0.2, 0.25) is 0 Å². The van der Waals surface area contributed by atoms with Gasteiger partial charge in [-0.15, -0.1) is 13.2 Å². The molecule has 0 amide bonds. The summed E-state index contributed by atoms with van der Waals surface area (Å²) in [6, 6.07) is 4.69. The number of allylic oxidation sites excluding steroid dienone is 3. The average molecular weight is 855 g/mol. The van der Waals surface area contributed by atoms with Gasteiger partial charge in [0.05, 0.1) is 5.56 Å². The molecule has 0 bridgehead atoms. The van der Waals surface area contributed by atoms with Gasteiger partial charge in [-0.2, -0.15) is 0 Å². The molecule has 1 unspecified atom stereocenters. The molecule has 3 fully saturated rings. The first-order chi connectivity index (χ1) is 29.9. The number of hydrogen-bond acceptors (Lipinski definition) is 6. The Morgan fingerprint density at radius 3 is 1.85 bits per heavy atom. The van der Waals surface area contributed by atoms with Gasteiger partial charge in [0.25, 0.3) is 0 Å². The Morgan fingerprint density at radius 1 is 0.694 bits per heavy atom. The van der Waals surface area contributed by atoms with Gasteiger partial charge in [0, 0.05) is 25.3 Å². The fourth-order valence-electron chi connectivity index (χ4n) is 12.7. The van der Waals surface area contributed by atoms with Crippen LogP contribution in [0.2, 0.25) is 0 Å². The van der Waals surface area contributed by atoms with E-state index < -0.39 is 5.97 Å². The molecule has 8 atom stereocenters. The summed E-state index contributed by atoms with van der Waals surface area (Å²) in [6.45, 7) is 20.0. The van der Waals surface area contributed by atoms with Crippen molar-refractivity contribution in [3.05, 3.63) is 60.7 Å². The van der Waals surface area contributed by atoms with Crippen molar-refractivity contribution < 1.29 is 28.6 Å². The van der Waals surface area contributed by atoms with Gasteiger partial charge in [-0.3, -0.25) is 9.59 Å². The molecule has 1 aromatic rings. The van der Waals surface area contributed by atoms with Gasteiger partial charge in [-0.05, 0) is 142 Å². The minimum absolute atomic E-state index is 0.153. The molecule has 0 heterocycles. The third kappa shape index (κ3) is 13.9. The Bertz CT molecular complexity index is 1580. The molecule has 62 heavy (non-hydrogen) atoms. The van der Waals surface area contributed by atoms with Crippen LogP contribution in [0.15, 0.2) is 55.2 Å². The highest BCUT2D eigenvalue weighted by atomic mass is 16.6. The molecule has 3 saturated carbocycles. The highest BCUT2D eigenvalue weighted by Crippen LogP contribution is 2.67. The molecule has 0 saturated heterocycles. The number of fused-ring (bicyclic) bond motifs is 5. The summed E-state index contributed by atoms with van der Waals surface area (Å²) in [4.78, 5) is 39.9. The normalized spacial score (nSPS) is 27.0. The number of unbranched alkanes of at least 4 members (excludes halogenated alkanes) is 12. The molecular weight excluding hydrogens is 769 g/mol. The zero-order chi connectivity index (χ0) is 44.5. The van der Waals surface area contributed by atoms with Crippen molar-refractivity contribution in [2.24, 2.45) is 46.3 Å². The third-order valence-electron chi connectivity index (χ3n) is 16.2. The number of hydrogen-bond donors (Lipinski definition) is 0. The standard InChI is InChI=1S/C56H86O6/c1-8-10-12-14-16-18-20-22-27-52(57)60-46-37-43(38-47(40-46)61-53(58)28-23-21-19-17-15-13-11-9-2)54(59)62-45-33-35-55(6)44(39-45)29-30-48-50-32-31-49(42(5)26-24-25-41(3)4)56(50,7)36-34-51(48)55/h8-9,29,37-38,40-42,45,48-51H,1-2,10-28,30-36,39H2,3-7H3/t42-,45?,48+,49-,50+,51+,55+,56-/m1/s1. The summed E-state index contributed by atoms with van der Waals surface area (Å²) < 4.78 is 17.8. The van der Waals surface area contributed by atoms with E-state index in [0.29, 0.717) is 24.2 Å². The van der Waals surface area contributed by atoms with E-state index in [1.807, 2.05) is 12.2 Å². The van der Waals surface area contributed by atoms with Gasteiger partial charge >= 0.3 is 17.9 Å². The van der Waals surface area contributed by atoms with Crippen molar-refractivity contribution >= 4 is 17.9 Å².